The summed E-state index contributed by atoms with van der Waals surface area (Å²) >= 11 is 0. The van der Waals surface area contributed by atoms with E-state index in [0.29, 0.717) is 12.5 Å². The van der Waals surface area contributed by atoms with Gasteiger partial charge in [0.15, 0.2) is 5.89 Å². The largest absolute Gasteiger partial charge is 0.448 e. The lowest BCUT2D eigenvalue weighted by atomic mass is 10.0. The number of nitrogens with two attached hydrogens (primary N) is 1. The Morgan fingerprint density at radius 3 is 2.58 bits per heavy atom. The third-order valence-electron chi connectivity index (χ3n) is 2.11. The normalized spacial score (nSPS) is 11.0. The third-order valence-corrected chi connectivity index (χ3v) is 2.11. The molecule has 1 heterocycles. The lowest BCUT2D eigenvalue weighted by Gasteiger charge is -2.05. The lowest BCUT2D eigenvalue weighted by Crippen LogP contribution is -1.99. The van der Waals surface area contributed by atoms with Crippen molar-refractivity contribution >= 4 is 0 Å². The summed E-state index contributed by atoms with van der Waals surface area (Å²) in [4.78, 5) is 4.28. The van der Waals surface area contributed by atoms with E-state index < -0.39 is 0 Å². The van der Waals surface area contributed by atoms with E-state index in [4.69, 9.17) is 10.2 Å². The smallest absolute Gasteiger partial charge is 0.197 e. The van der Waals surface area contributed by atoms with Crippen molar-refractivity contribution < 1.29 is 4.42 Å². The number of hydrogen-bond donors (Lipinski definition) is 1. The van der Waals surface area contributed by atoms with E-state index in [1.54, 1.807) is 6.26 Å². The van der Waals surface area contributed by atoms with Crippen molar-refractivity contribution in [1.29, 1.82) is 0 Å². The van der Waals surface area contributed by atoms with E-state index in [2.05, 4.69) is 18.8 Å². The van der Waals surface area contributed by atoms with E-state index in [0.717, 1.165) is 24.4 Å². The van der Waals surface area contributed by atoms with Crippen LogP contribution in [0.4, 0.5) is 0 Å². The molecule has 0 atom stereocenters. The summed E-state index contributed by atoms with van der Waals surface area (Å²) in [6, 6.07) is 0. The molecule has 3 heteroatoms. The molecule has 0 aliphatic carbocycles. The first-order valence-electron chi connectivity index (χ1n) is 4.46. The van der Waals surface area contributed by atoms with Crippen molar-refractivity contribution in [2.75, 3.05) is 0 Å². The van der Waals surface area contributed by atoms with Gasteiger partial charge < -0.3 is 10.2 Å². The second-order valence-corrected chi connectivity index (χ2v) is 2.89. The van der Waals surface area contributed by atoms with E-state index in [-0.39, 0.29) is 0 Å². The number of hydrogen-bond acceptors (Lipinski definition) is 3. The summed E-state index contributed by atoms with van der Waals surface area (Å²) in [5.74, 6) is 1.28. The Bertz CT molecular complexity index is 228. The average molecular weight is 168 g/mol. The summed E-state index contributed by atoms with van der Waals surface area (Å²) in [6.07, 6.45) is 3.79. The van der Waals surface area contributed by atoms with Crippen molar-refractivity contribution in [1.82, 2.24) is 4.98 Å². The molecule has 0 spiro atoms. The van der Waals surface area contributed by atoms with Gasteiger partial charge in [-0.3, -0.25) is 0 Å². The fourth-order valence-electron chi connectivity index (χ4n) is 1.24. The van der Waals surface area contributed by atoms with Gasteiger partial charge in [0.1, 0.15) is 6.26 Å². The van der Waals surface area contributed by atoms with Gasteiger partial charge >= 0.3 is 0 Å². The predicted molar refractivity (Wildman–Crippen MR) is 47.7 cm³/mol. The maximum Gasteiger partial charge on any atom is 0.197 e. The van der Waals surface area contributed by atoms with Crippen LogP contribution in [0.25, 0.3) is 0 Å². The first-order valence-corrected chi connectivity index (χ1v) is 4.46. The zero-order valence-electron chi connectivity index (χ0n) is 7.71. The molecule has 12 heavy (non-hydrogen) atoms. The van der Waals surface area contributed by atoms with Crippen molar-refractivity contribution in [2.24, 2.45) is 5.73 Å². The van der Waals surface area contributed by atoms with E-state index in [9.17, 15) is 0 Å². The molecule has 0 bridgehead atoms. The minimum atomic E-state index is 0.449. The van der Waals surface area contributed by atoms with Gasteiger partial charge in [0.05, 0.1) is 5.69 Å². The molecule has 0 aliphatic rings. The Hall–Kier alpha value is -0.830. The third kappa shape index (κ3) is 1.85. The predicted octanol–water partition coefficient (Wildman–Crippen LogP) is 2.04. The van der Waals surface area contributed by atoms with Crippen LogP contribution in [0.15, 0.2) is 10.7 Å². The van der Waals surface area contributed by atoms with Gasteiger partial charge in [0, 0.05) is 12.5 Å². The summed E-state index contributed by atoms with van der Waals surface area (Å²) in [7, 11) is 0. The van der Waals surface area contributed by atoms with E-state index in [1.807, 2.05) is 0 Å². The fraction of sp³-hybridized carbons (Fsp3) is 0.667. The number of rotatable bonds is 4. The molecule has 68 valence electrons. The Morgan fingerprint density at radius 1 is 1.50 bits per heavy atom. The Labute approximate surface area is 73.0 Å². The summed E-state index contributed by atoms with van der Waals surface area (Å²) < 4.78 is 5.31. The first kappa shape index (κ1) is 9.26. The molecular formula is C9H16N2O. The molecule has 1 rings (SSSR count). The molecule has 1 aromatic rings. The summed E-state index contributed by atoms with van der Waals surface area (Å²) in [5.41, 5.74) is 6.27. The van der Waals surface area contributed by atoms with E-state index >= 15 is 0 Å². The Morgan fingerprint density at radius 2 is 2.17 bits per heavy atom. The van der Waals surface area contributed by atoms with E-state index in [1.165, 1.54) is 0 Å². The number of nitrogens with zero attached hydrogens (tertiary/aromatic N) is 1. The van der Waals surface area contributed by atoms with Crippen molar-refractivity contribution in [3.63, 3.8) is 0 Å². The van der Waals surface area contributed by atoms with Gasteiger partial charge in [-0.05, 0) is 12.8 Å². The van der Waals surface area contributed by atoms with Crippen LogP contribution in [0.3, 0.4) is 0 Å². The van der Waals surface area contributed by atoms with Crippen LogP contribution in [0.1, 0.15) is 44.2 Å². The van der Waals surface area contributed by atoms with Crippen molar-refractivity contribution in [2.45, 2.75) is 39.2 Å². The molecule has 2 N–H and O–H groups in total. The molecule has 0 amide bonds. The minimum Gasteiger partial charge on any atom is -0.448 e. The van der Waals surface area contributed by atoms with Gasteiger partial charge in [0.25, 0.3) is 0 Å². The lowest BCUT2D eigenvalue weighted by molar-refractivity contribution is 0.431. The van der Waals surface area contributed by atoms with Crippen LogP contribution in [0.5, 0.6) is 0 Å². The molecule has 0 unspecified atom stereocenters. The second-order valence-electron chi connectivity index (χ2n) is 2.89. The zero-order chi connectivity index (χ0) is 8.97. The number of oxazole rings is 1. The molecule has 0 aromatic carbocycles. The van der Waals surface area contributed by atoms with Gasteiger partial charge in [0.2, 0.25) is 0 Å². The maximum absolute atomic E-state index is 5.42. The topological polar surface area (TPSA) is 52.0 Å². The maximum atomic E-state index is 5.42. The second kappa shape index (κ2) is 4.26. The molecule has 3 nitrogen and oxygen atoms in total. The van der Waals surface area contributed by atoms with Crippen LogP contribution in [-0.4, -0.2) is 4.98 Å². The molecule has 0 radical (unpaired) electrons. The molecule has 0 fully saturated rings. The van der Waals surface area contributed by atoms with Crippen LogP contribution >= 0.6 is 0 Å². The Kier molecular flexibility index (Phi) is 3.29. The first-order chi connectivity index (χ1) is 5.81. The van der Waals surface area contributed by atoms with Crippen LogP contribution < -0.4 is 5.73 Å². The summed E-state index contributed by atoms with van der Waals surface area (Å²) in [6.45, 7) is 4.74. The number of aromatic nitrogens is 1. The molecular weight excluding hydrogens is 152 g/mol. The Balaban J connectivity index is 2.72. The molecule has 0 saturated carbocycles. The fourth-order valence-corrected chi connectivity index (χ4v) is 1.24. The SMILES string of the molecule is CCC(CC)c1nc(CN)co1. The highest BCUT2D eigenvalue weighted by Crippen LogP contribution is 2.21. The molecule has 0 saturated heterocycles. The zero-order valence-corrected chi connectivity index (χ0v) is 7.71. The minimum absolute atomic E-state index is 0.449. The van der Waals surface area contributed by atoms with Crippen molar-refractivity contribution in [3.05, 3.63) is 17.8 Å². The van der Waals surface area contributed by atoms with Crippen molar-refractivity contribution in [3.8, 4) is 0 Å². The highest BCUT2D eigenvalue weighted by atomic mass is 16.3. The summed E-state index contributed by atoms with van der Waals surface area (Å²) in [5, 5.41) is 0. The van der Waals surface area contributed by atoms with Gasteiger partial charge in [-0.1, -0.05) is 13.8 Å². The van der Waals surface area contributed by atoms with Crippen LogP contribution in [0.2, 0.25) is 0 Å². The monoisotopic (exact) mass is 168 g/mol. The van der Waals surface area contributed by atoms with Gasteiger partial charge in [-0.2, -0.15) is 0 Å². The van der Waals surface area contributed by atoms with Gasteiger partial charge in [-0.25, -0.2) is 4.98 Å². The highest BCUT2D eigenvalue weighted by Gasteiger charge is 2.12. The standard InChI is InChI=1S/C9H16N2O/c1-3-7(4-2)9-11-8(5-10)6-12-9/h6-7H,3-5,10H2,1-2H3. The quantitative estimate of drug-likeness (QED) is 0.748. The van der Waals surface area contributed by atoms with Crippen LogP contribution in [0, 0.1) is 0 Å². The van der Waals surface area contributed by atoms with Crippen LogP contribution in [-0.2, 0) is 6.54 Å². The molecule has 1 aromatic heterocycles. The van der Waals surface area contributed by atoms with Gasteiger partial charge in [-0.15, -0.1) is 0 Å². The average Bonchev–Trinajstić information content (AvgIpc) is 2.55. The highest BCUT2D eigenvalue weighted by molar-refractivity contribution is 4.99. The molecule has 0 aliphatic heterocycles.